The van der Waals surface area contributed by atoms with Crippen LogP contribution in [-0.4, -0.2) is 64.9 Å². The lowest BCUT2D eigenvalue weighted by Gasteiger charge is -2.23. The van der Waals surface area contributed by atoms with E-state index in [1.165, 1.54) is 0 Å². The Morgan fingerprint density at radius 1 is 1.17 bits per heavy atom. The van der Waals surface area contributed by atoms with E-state index in [1.807, 2.05) is 34.1 Å². The number of aromatic nitrogens is 2. The van der Waals surface area contributed by atoms with Crippen LogP contribution in [0.25, 0.3) is 11.0 Å². The molecule has 1 atom stereocenters. The highest BCUT2D eigenvalue weighted by Crippen LogP contribution is 2.41. The second-order valence-electron chi connectivity index (χ2n) is 8.06. The third kappa shape index (κ3) is 3.66. The number of hydrogen-bond donors (Lipinski definition) is 0. The summed E-state index contributed by atoms with van der Waals surface area (Å²) >= 11 is 0. The lowest BCUT2D eigenvalue weighted by Crippen LogP contribution is -2.38. The molecule has 4 rings (SSSR count). The number of ether oxygens (including phenoxy) is 1. The molecule has 7 heteroatoms. The molecular formula is C22H28N4O3. The van der Waals surface area contributed by atoms with Gasteiger partial charge in [0.25, 0.3) is 0 Å². The van der Waals surface area contributed by atoms with E-state index in [0.29, 0.717) is 37.5 Å². The van der Waals surface area contributed by atoms with Crippen molar-refractivity contribution in [2.45, 2.75) is 39.0 Å². The number of nitrogens with zero attached hydrogens (tertiary/aromatic N) is 4. The molecule has 2 aliphatic rings. The van der Waals surface area contributed by atoms with Crippen LogP contribution in [-0.2, 0) is 16.0 Å². The average Bonchev–Trinajstić information content (AvgIpc) is 3.31. The van der Waals surface area contributed by atoms with Gasteiger partial charge in [0.1, 0.15) is 5.69 Å². The molecule has 1 aromatic heterocycles. The highest BCUT2D eigenvalue weighted by molar-refractivity contribution is 5.87. The number of amides is 2. The Balaban J connectivity index is 1.41. The summed E-state index contributed by atoms with van der Waals surface area (Å²) < 4.78 is 5.39. The predicted octanol–water partition coefficient (Wildman–Crippen LogP) is 2.43. The van der Waals surface area contributed by atoms with Crippen molar-refractivity contribution >= 4 is 22.8 Å². The molecule has 1 aromatic carbocycles. The molecule has 2 saturated heterocycles. The van der Waals surface area contributed by atoms with Gasteiger partial charge < -0.3 is 14.5 Å². The fraction of sp³-hybridized carbons (Fsp3) is 0.545. The third-order valence-corrected chi connectivity index (χ3v) is 6.18. The number of carbonyl (C=O) groups excluding carboxylic acids is 2. The zero-order valence-electron chi connectivity index (χ0n) is 17.2. The van der Waals surface area contributed by atoms with Crippen molar-refractivity contribution in [1.82, 2.24) is 19.8 Å². The molecule has 1 unspecified atom stereocenters. The van der Waals surface area contributed by atoms with Gasteiger partial charge in [-0.15, -0.1) is 0 Å². The summed E-state index contributed by atoms with van der Waals surface area (Å²) in [5, 5.41) is 0. The Bertz CT molecular complexity index is 931. The van der Waals surface area contributed by atoms with Crippen LogP contribution in [0.4, 0.5) is 0 Å². The Hall–Kier alpha value is -2.70. The Morgan fingerprint density at radius 2 is 1.90 bits per heavy atom. The first-order valence-corrected chi connectivity index (χ1v) is 10.4. The summed E-state index contributed by atoms with van der Waals surface area (Å²) in [5.41, 5.74) is 1.91. The zero-order chi connectivity index (χ0) is 20.4. The molecule has 0 bridgehead atoms. The number of benzene rings is 1. The largest absolute Gasteiger partial charge is 0.480 e. The minimum Gasteiger partial charge on any atom is -0.480 e. The van der Waals surface area contributed by atoms with Crippen LogP contribution in [0.1, 0.15) is 38.3 Å². The van der Waals surface area contributed by atoms with Gasteiger partial charge in [0.15, 0.2) is 0 Å². The molecule has 7 nitrogen and oxygen atoms in total. The monoisotopic (exact) mass is 396 g/mol. The van der Waals surface area contributed by atoms with E-state index < -0.39 is 0 Å². The van der Waals surface area contributed by atoms with Crippen LogP contribution in [0.3, 0.4) is 0 Å². The second-order valence-corrected chi connectivity index (χ2v) is 8.06. The molecule has 0 aliphatic carbocycles. The number of aryl methyl sites for hydroxylation is 1. The molecule has 1 spiro atoms. The molecule has 154 valence electrons. The number of likely N-dealkylation sites (tertiary alicyclic amines) is 2. The lowest BCUT2D eigenvalue weighted by atomic mass is 9.85. The van der Waals surface area contributed by atoms with Crippen molar-refractivity contribution in [3.63, 3.8) is 0 Å². The topological polar surface area (TPSA) is 75.6 Å². The van der Waals surface area contributed by atoms with Gasteiger partial charge in [0.2, 0.25) is 17.7 Å². The maximum atomic E-state index is 12.8. The number of carbonyl (C=O) groups is 2. The maximum absolute atomic E-state index is 12.8. The maximum Gasteiger partial charge on any atom is 0.235 e. The van der Waals surface area contributed by atoms with Crippen LogP contribution >= 0.6 is 0 Å². The van der Waals surface area contributed by atoms with Crippen LogP contribution in [0.2, 0.25) is 0 Å². The quantitative estimate of drug-likeness (QED) is 0.750. The molecule has 2 aromatic rings. The normalized spacial score (nSPS) is 21.5. The van der Waals surface area contributed by atoms with Gasteiger partial charge in [0.05, 0.1) is 23.6 Å². The standard InChI is InChI=1S/C22H28N4O3/c1-3-12-25-13-10-22(21(25)28)11-14-26(15-22)19(27)9-8-18-20(29-2)24-17-7-5-4-6-16(17)23-18/h4-7H,3,8-15H2,1-2H3. The molecular weight excluding hydrogens is 368 g/mol. The first kappa shape index (κ1) is 19.6. The van der Waals surface area contributed by atoms with Gasteiger partial charge in [-0.1, -0.05) is 19.1 Å². The summed E-state index contributed by atoms with van der Waals surface area (Å²) in [4.78, 5) is 38.6. The summed E-state index contributed by atoms with van der Waals surface area (Å²) in [7, 11) is 1.57. The van der Waals surface area contributed by atoms with Crippen molar-refractivity contribution in [3.8, 4) is 5.88 Å². The first-order chi connectivity index (χ1) is 14.1. The first-order valence-electron chi connectivity index (χ1n) is 10.4. The van der Waals surface area contributed by atoms with E-state index >= 15 is 0 Å². The fourth-order valence-corrected chi connectivity index (χ4v) is 4.57. The SMILES string of the molecule is CCCN1CCC2(CCN(C(=O)CCc3nc4ccccc4nc3OC)C2)C1=O. The number of rotatable bonds is 6. The van der Waals surface area contributed by atoms with Crippen LogP contribution in [0.5, 0.6) is 5.88 Å². The van der Waals surface area contributed by atoms with Gasteiger partial charge in [0, 0.05) is 39.0 Å². The molecule has 0 radical (unpaired) electrons. The number of fused-ring (bicyclic) bond motifs is 1. The van der Waals surface area contributed by atoms with Crippen molar-refractivity contribution in [3.05, 3.63) is 30.0 Å². The van der Waals surface area contributed by atoms with Crippen LogP contribution in [0, 0.1) is 5.41 Å². The van der Waals surface area contributed by atoms with Crippen molar-refractivity contribution in [1.29, 1.82) is 0 Å². The summed E-state index contributed by atoms with van der Waals surface area (Å²) in [5.74, 6) is 0.771. The zero-order valence-corrected chi connectivity index (χ0v) is 17.2. The minimum absolute atomic E-state index is 0.0700. The van der Waals surface area contributed by atoms with E-state index in [0.717, 1.165) is 43.4 Å². The van der Waals surface area contributed by atoms with E-state index in [-0.39, 0.29) is 17.2 Å². The van der Waals surface area contributed by atoms with Gasteiger partial charge in [-0.25, -0.2) is 9.97 Å². The summed E-state index contributed by atoms with van der Waals surface area (Å²) in [6.07, 6.45) is 3.42. The second kappa shape index (κ2) is 7.97. The molecule has 3 heterocycles. The summed E-state index contributed by atoms with van der Waals surface area (Å²) in [6, 6.07) is 7.63. The molecule has 2 amide bonds. The number of para-hydroxylation sites is 2. The molecule has 0 saturated carbocycles. The third-order valence-electron chi connectivity index (χ3n) is 6.18. The van der Waals surface area contributed by atoms with E-state index in [9.17, 15) is 9.59 Å². The van der Waals surface area contributed by atoms with Crippen LogP contribution in [0.15, 0.2) is 24.3 Å². The molecule has 2 fully saturated rings. The van der Waals surface area contributed by atoms with Gasteiger partial charge in [-0.05, 0) is 31.4 Å². The van der Waals surface area contributed by atoms with Gasteiger partial charge in [-0.3, -0.25) is 9.59 Å². The average molecular weight is 396 g/mol. The van der Waals surface area contributed by atoms with Gasteiger partial charge >= 0.3 is 0 Å². The molecule has 2 aliphatic heterocycles. The lowest BCUT2D eigenvalue weighted by molar-refractivity contribution is -0.136. The number of hydrogen-bond acceptors (Lipinski definition) is 5. The smallest absolute Gasteiger partial charge is 0.235 e. The number of methoxy groups -OCH3 is 1. The van der Waals surface area contributed by atoms with Crippen molar-refractivity contribution in [2.75, 3.05) is 33.3 Å². The Labute approximate surface area is 171 Å². The highest BCUT2D eigenvalue weighted by Gasteiger charge is 2.51. The fourth-order valence-electron chi connectivity index (χ4n) is 4.57. The van der Waals surface area contributed by atoms with Crippen LogP contribution < -0.4 is 4.74 Å². The van der Waals surface area contributed by atoms with E-state index in [2.05, 4.69) is 16.9 Å². The summed E-state index contributed by atoms with van der Waals surface area (Å²) in [6.45, 7) is 4.93. The van der Waals surface area contributed by atoms with Gasteiger partial charge in [-0.2, -0.15) is 0 Å². The van der Waals surface area contributed by atoms with E-state index in [4.69, 9.17) is 4.74 Å². The Morgan fingerprint density at radius 3 is 2.62 bits per heavy atom. The van der Waals surface area contributed by atoms with Crippen molar-refractivity contribution < 1.29 is 14.3 Å². The van der Waals surface area contributed by atoms with Crippen molar-refractivity contribution in [2.24, 2.45) is 5.41 Å². The predicted molar refractivity (Wildman–Crippen MR) is 110 cm³/mol. The Kier molecular flexibility index (Phi) is 5.39. The highest BCUT2D eigenvalue weighted by atomic mass is 16.5. The molecule has 0 N–H and O–H groups in total. The minimum atomic E-state index is -0.356. The molecule has 29 heavy (non-hydrogen) atoms. The van der Waals surface area contributed by atoms with E-state index in [1.54, 1.807) is 7.11 Å².